The van der Waals surface area contributed by atoms with Crippen LogP contribution in [0, 0.1) is 11.8 Å². The predicted octanol–water partition coefficient (Wildman–Crippen LogP) is 11.2. The Bertz CT molecular complexity index is 2560. The molecule has 5 aromatic carbocycles. The minimum atomic E-state index is -0.175. The smallest absolute Gasteiger partial charge is 0.143 e. The molecule has 0 radical (unpaired) electrons. The molecule has 214 valence electrons. The standard InChI is InChI=1S/C43H31NO/c1-43(2)33-21-18-29-26-12-6-8-17-37(26)45-42(29)39(33)32-20-23-36-40(41(32)43)31-13-5-7-16-34(31)44(36)35-22-19-28-25-11-4-3-10-24(25)27-14-9-15-30(35)38(27)28/h3-18,20-23,28,30,38H,19H2,1-2H3. The Morgan fingerprint density at radius 1 is 0.756 bits per heavy atom. The van der Waals surface area contributed by atoms with Crippen LogP contribution in [0.2, 0.25) is 0 Å². The lowest BCUT2D eigenvalue weighted by Gasteiger charge is -2.36. The van der Waals surface area contributed by atoms with E-state index in [9.17, 15) is 0 Å². The molecule has 0 amide bonds. The zero-order valence-electron chi connectivity index (χ0n) is 25.3. The number of furan rings is 1. The number of allylic oxidation sites excluding steroid dienone is 6. The summed E-state index contributed by atoms with van der Waals surface area (Å²) in [5, 5.41) is 5.09. The largest absolute Gasteiger partial charge is 0.455 e. The molecule has 3 atom stereocenters. The first kappa shape index (κ1) is 24.3. The van der Waals surface area contributed by atoms with Gasteiger partial charge < -0.3 is 8.98 Å². The Morgan fingerprint density at radius 2 is 1.58 bits per heavy atom. The van der Waals surface area contributed by atoms with E-state index in [-0.39, 0.29) is 5.41 Å². The van der Waals surface area contributed by atoms with Crippen LogP contribution in [0.5, 0.6) is 0 Å². The minimum absolute atomic E-state index is 0.175. The monoisotopic (exact) mass is 577 g/mol. The molecule has 7 aromatic rings. The summed E-state index contributed by atoms with van der Waals surface area (Å²) >= 11 is 0. The van der Waals surface area contributed by atoms with Crippen molar-refractivity contribution in [3.8, 4) is 11.1 Å². The van der Waals surface area contributed by atoms with Gasteiger partial charge in [-0.3, -0.25) is 0 Å². The van der Waals surface area contributed by atoms with Crippen LogP contribution in [-0.2, 0) is 5.41 Å². The average molecular weight is 578 g/mol. The molecule has 3 unspecified atom stereocenters. The van der Waals surface area contributed by atoms with Gasteiger partial charge in [-0.15, -0.1) is 0 Å². The molecule has 4 aliphatic rings. The molecule has 2 nitrogen and oxygen atoms in total. The van der Waals surface area contributed by atoms with E-state index >= 15 is 0 Å². The van der Waals surface area contributed by atoms with Gasteiger partial charge in [-0.1, -0.05) is 117 Å². The summed E-state index contributed by atoms with van der Waals surface area (Å²) in [6.07, 6.45) is 10.8. The second-order valence-electron chi connectivity index (χ2n) is 13.9. The van der Waals surface area contributed by atoms with E-state index in [1.54, 1.807) is 0 Å². The van der Waals surface area contributed by atoms with E-state index in [1.165, 1.54) is 77.2 Å². The number of benzene rings is 5. The number of aromatic nitrogens is 1. The van der Waals surface area contributed by atoms with Crippen LogP contribution in [0.15, 0.2) is 126 Å². The molecule has 0 bridgehead atoms. The SMILES string of the molecule is CC1(C)c2ccc3c(oc4ccccc43)c2-c2ccc3c(c21)c1ccccc1n3C1=CCC2c3ccccc3C3=CC=CC1C32. The van der Waals surface area contributed by atoms with Crippen LogP contribution >= 0.6 is 0 Å². The first-order valence-electron chi connectivity index (χ1n) is 16.3. The van der Waals surface area contributed by atoms with Crippen molar-refractivity contribution in [2.45, 2.75) is 31.6 Å². The molecule has 0 saturated heterocycles. The van der Waals surface area contributed by atoms with Crippen molar-refractivity contribution < 1.29 is 4.42 Å². The highest BCUT2D eigenvalue weighted by Gasteiger charge is 2.45. The highest BCUT2D eigenvalue weighted by molar-refractivity contribution is 6.18. The van der Waals surface area contributed by atoms with Crippen molar-refractivity contribution in [3.63, 3.8) is 0 Å². The van der Waals surface area contributed by atoms with Crippen molar-refractivity contribution in [1.29, 1.82) is 0 Å². The maximum absolute atomic E-state index is 6.63. The summed E-state index contributed by atoms with van der Waals surface area (Å²) in [5.74, 6) is 1.37. The van der Waals surface area contributed by atoms with Crippen LogP contribution < -0.4 is 0 Å². The minimum Gasteiger partial charge on any atom is -0.455 e. The van der Waals surface area contributed by atoms with Gasteiger partial charge in [0.25, 0.3) is 0 Å². The predicted molar refractivity (Wildman–Crippen MR) is 186 cm³/mol. The summed E-state index contributed by atoms with van der Waals surface area (Å²) in [4.78, 5) is 0. The lowest BCUT2D eigenvalue weighted by atomic mass is 9.71. The third kappa shape index (κ3) is 2.83. The summed E-state index contributed by atoms with van der Waals surface area (Å²) < 4.78 is 9.24. The maximum Gasteiger partial charge on any atom is 0.143 e. The van der Waals surface area contributed by atoms with Crippen LogP contribution in [0.4, 0.5) is 0 Å². The van der Waals surface area contributed by atoms with Crippen molar-refractivity contribution in [2.75, 3.05) is 0 Å². The molecule has 4 aliphatic carbocycles. The van der Waals surface area contributed by atoms with Gasteiger partial charge in [-0.25, -0.2) is 0 Å². The van der Waals surface area contributed by atoms with Crippen molar-refractivity contribution in [1.82, 2.24) is 4.57 Å². The lowest BCUT2D eigenvalue weighted by Crippen LogP contribution is -2.26. The summed E-state index contributed by atoms with van der Waals surface area (Å²) in [7, 11) is 0. The fraction of sp³-hybridized carbons (Fsp3) is 0.163. The highest BCUT2D eigenvalue weighted by atomic mass is 16.3. The molecule has 2 aromatic heterocycles. The third-order valence-electron chi connectivity index (χ3n) is 11.6. The average Bonchev–Trinajstić information content (AvgIpc) is 3.78. The topological polar surface area (TPSA) is 18.1 Å². The Balaban J connectivity index is 1.19. The Morgan fingerprint density at radius 3 is 2.51 bits per heavy atom. The van der Waals surface area contributed by atoms with Gasteiger partial charge in [0, 0.05) is 50.1 Å². The fourth-order valence-electron chi connectivity index (χ4n) is 9.80. The van der Waals surface area contributed by atoms with Crippen molar-refractivity contribution >= 4 is 55.0 Å². The van der Waals surface area contributed by atoms with E-state index in [2.05, 4.69) is 140 Å². The van der Waals surface area contributed by atoms with Gasteiger partial charge in [0.05, 0.1) is 11.0 Å². The molecule has 0 aliphatic heterocycles. The first-order chi connectivity index (χ1) is 22.1. The second kappa shape index (κ2) is 8.14. The zero-order valence-corrected chi connectivity index (χ0v) is 25.3. The fourth-order valence-corrected chi connectivity index (χ4v) is 9.80. The number of rotatable bonds is 1. The van der Waals surface area contributed by atoms with Crippen molar-refractivity contribution in [3.05, 3.63) is 144 Å². The molecular weight excluding hydrogens is 546 g/mol. The van der Waals surface area contributed by atoms with E-state index in [0.29, 0.717) is 17.8 Å². The molecule has 2 heteroatoms. The quantitative estimate of drug-likeness (QED) is 0.190. The third-order valence-corrected chi connectivity index (χ3v) is 11.6. The number of fused-ring (bicyclic) bond motifs is 14. The molecule has 2 heterocycles. The molecule has 0 fully saturated rings. The van der Waals surface area contributed by atoms with Gasteiger partial charge in [-0.2, -0.15) is 0 Å². The molecule has 0 spiro atoms. The zero-order chi connectivity index (χ0) is 29.6. The number of hydrogen-bond donors (Lipinski definition) is 0. The van der Waals surface area contributed by atoms with Crippen LogP contribution in [0.3, 0.4) is 0 Å². The summed E-state index contributed by atoms with van der Waals surface area (Å²) in [6.45, 7) is 4.80. The molecular formula is C43H31NO. The van der Waals surface area contributed by atoms with Gasteiger partial charge in [0.1, 0.15) is 11.2 Å². The van der Waals surface area contributed by atoms with E-state index in [1.807, 2.05) is 0 Å². The van der Waals surface area contributed by atoms with E-state index in [4.69, 9.17) is 4.42 Å². The van der Waals surface area contributed by atoms with Crippen LogP contribution in [0.25, 0.3) is 66.1 Å². The van der Waals surface area contributed by atoms with Crippen LogP contribution in [0.1, 0.15) is 48.4 Å². The highest BCUT2D eigenvalue weighted by Crippen LogP contribution is 2.59. The lowest BCUT2D eigenvalue weighted by molar-refractivity contribution is 0.460. The summed E-state index contributed by atoms with van der Waals surface area (Å²) in [5.41, 5.74) is 15.6. The van der Waals surface area contributed by atoms with E-state index in [0.717, 1.165) is 17.6 Å². The van der Waals surface area contributed by atoms with Gasteiger partial charge in [0.2, 0.25) is 0 Å². The number of nitrogens with zero attached hydrogens (tertiary/aromatic N) is 1. The Kier molecular flexibility index (Phi) is 4.39. The van der Waals surface area contributed by atoms with Gasteiger partial charge >= 0.3 is 0 Å². The Labute approximate surface area is 261 Å². The number of hydrogen-bond acceptors (Lipinski definition) is 1. The van der Waals surface area contributed by atoms with Gasteiger partial charge in [0.15, 0.2) is 0 Å². The van der Waals surface area contributed by atoms with Crippen LogP contribution in [-0.4, -0.2) is 4.57 Å². The second-order valence-corrected chi connectivity index (χ2v) is 13.9. The van der Waals surface area contributed by atoms with Crippen molar-refractivity contribution in [2.24, 2.45) is 11.8 Å². The summed E-state index contributed by atoms with van der Waals surface area (Å²) in [6, 6.07) is 36.0. The molecule has 0 N–H and O–H groups in total. The molecule has 11 rings (SSSR count). The maximum atomic E-state index is 6.63. The van der Waals surface area contributed by atoms with E-state index < -0.39 is 0 Å². The first-order valence-corrected chi connectivity index (χ1v) is 16.3. The molecule has 45 heavy (non-hydrogen) atoms. The Hall–Kier alpha value is -5.08. The molecule has 0 saturated carbocycles. The van der Waals surface area contributed by atoms with Gasteiger partial charge in [-0.05, 0) is 63.9 Å². The number of para-hydroxylation sites is 2. The normalized spacial score (nSPS) is 22.0.